The van der Waals surface area contributed by atoms with Crippen LogP contribution in [0.15, 0.2) is 22.7 Å². The van der Waals surface area contributed by atoms with E-state index in [1.165, 1.54) is 6.07 Å². The number of rotatable bonds is 3. The SMILES string of the molecule is CNC(C)(C)c1cccc([N+](=O)[O-])c1Br. The maximum Gasteiger partial charge on any atom is 0.283 e. The molecule has 0 amide bonds. The molecule has 0 radical (unpaired) electrons. The van der Waals surface area contributed by atoms with Crippen LogP contribution >= 0.6 is 15.9 Å². The van der Waals surface area contributed by atoms with Gasteiger partial charge in [-0.15, -0.1) is 0 Å². The molecule has 15 heavy (non-hydrogen) atoms. The molecule has 1 aromatic carbocycles. The van der Waals surface area contributed by atoms with Gasteiger partial charge in [-0.1, -0.05) is 12.1 Å². The zero-order chi connectivity index (χ0) is 11.6. The fourth-order valence-corrected chi connectivity index (χ4v) is 2.18. The van der Waals surface area contributed by atoms with Crippen molar-refractivity contribution in [2.45, 2.75) is 19.4 Å². The second-order valence-corrected chi connectivity index (χ2v) is 4.56. The molecule has 0 aromatic heterocycles. The van der Waals surface area contributed by atoms with Crippen LogP contribution in [-0.2, 0) is 5.54 Å². The number of nitro groups is 1. The summed E-state index contributed by atoms with van der Waals surface area (Å²) >= 11 is 3.28. The maximum atomic E-state index is 10.7. The van der Waals surface area contributed by atoms with Gasteiger partial charge in [-0.3, -0.25) is 10.1 Å². The molecule has 1 rings (SSSR count). The van der Waals surface area contributed by atoms with Crippen molar-refractivity contribution < 1.29 is 4.92 Å². The number of nitrogens with one attached hydrogen (secondary N) is 1. The summed E-state index contributed by atoms with van der Waals surface area (Å²) in [6, 6.07) is 5.05. The molecule has 0 spiro atoms. The van der Waals surface area contributed by atoms with E-state index < -0.39 is 0 Å². The average Bonchev–Trinajstić information content (AvgIpc) is 2.17. The third kappa shape index (κ3) is 2.35. The van der Waals surface area contributed by atoms with Crippen LogP contribution in [0.5, 0.6) is 0 Å². The number of nitro benzene ring substituents is 1. The summed E-state index contributed by atoms with van der Waals surface area (Å²) in [6.07, 6.45) is 0. The van der Waals surface area contributed by atoms with Crippen molar-refractivity contribution in [3.05, 3.63) is 38.3 Å². The molecule has 0 saturated heterocycles. The van der Waals surface area contributed by atoms with Crippen LogP contribution in [0.1, 0.15) is 19.4 Å². The van der Waals surface area contributed by atoms with Gasteiger partial charge in [0, 0.05) is 11.6 Å². The first-order valence-corrected chi connectivity index (χ1v) is 5.31. The van der Waals surface area contributed by atoms with Gasteiger partial charge >= 0.3 is 0 Å². The predicted octanol–water partition coefficient (Wildman–Crippen LogP) is 2.81. The smallest absolute Gasteiger partial charge is 0.283 e. The number of hydrogen-bond acceptors (Lipinski definition) is 3. The molecule has 82 valence electrons. The lowest BCUT2D eigenvalue weighted by Crippen LogP contribution is -2.33. The molecule has 0 aliphatic carbocycles. The Balaban J connectivity index is 3.33. The molecule has 5 heteroatoms. The molecular formula is C10H13BrN2O2. The van der Waals surface area contributed by atoms with E-state index in [-0.39, 0.29) is 16.1 Å². The molecule has 0 fully saturated rings. The molecule has 1 N–H and O–H groups in total. The van der Waals surface area contributed by atoms with Crippen LogP contribution in [0.3, 0.4) is 0 Å². The molecule has 0 saturated carbocycles. The Morgan fingerprint density at radius 1 is 1.47 bits per heavy atom. The second kappa shape index (κ2) is 4.28. The average molecular weight is 273 g/mol. The standard InChI is InChI=1S/C10H13BrN2O2/c1-10(2,12-3)7-5-4-6-8(9(7)11)13(14)15/h4-6,12H,1-3H3. The molecule has 0 heterocycles. The summed E-state index contributed by atoms with van der Waals surface area (Å²) in [5.41, 5.74) is 0.667. The molecular weight excluding hydrogens is 260 g/mol. The summed E-state index contributed by atoms with van der Waals surface area (Å²) < 4.78 is 0.536. The zero-order valence-electron chi connectivity index (χ0n) is 8.87. The summed E-state index contributed by atoms with van der Waals surface area (Å²) in [5, 5.41) is 13.9. The summed E-state index contributed by atoms with van der Waals surface area (Å²) in [6.45, 7) is 3.94. The summed E-state index contributed by atoms with van der Waals surface area (Å²) in [7, 11) is 1.82. The first-order chi connectivity index (χ1) is 6.90. The molecule has 0 bridgehead atoms. The van der Waals surface area contributed by atoms with Gasteiger partial charge in [0.2, 0.25) is 0 Å². The number of hydrogen-bond donors (Lipinski definition) is 1. The van der Waals surface area contributed by atoms with Gasteiger partial charge in [0.25, 0.3) is 5.69 Å². The summed E-state index contributed by atoms with van der Waals surface area (Å²) in [5.74, 6) is 0. The quantitative estimate of drug-likeness (QED) is 0.680. The van der Waals surface area contributed by atoms with E-state index in [9.17, 15) is 10.1 Å². The van der Waals surface area contributed by atoms with E-state index in [1.807, 2.05) is 27.0 Å². The summed E-state index contributed by atoms with van der Waals surface area (Å²) in [4.78, 5) is 10.4. The fourth-order valence-electron chi connectivity index (χ4n) is 1.28. The van der Waals surface area contributed by atoms with Crippen molar-refractivity contribution in [1.82, 2.24) is 5.32 Å². The normalized spacial score (nSPS) is 11.5. The topological polar surface area (TPSA) is 55.2 Å². The fraction of sp³-hybridized carbons (Fsp3) is 0.400. The van der Waals surface area contributed by atoms with Gasteiger partial charge < -0.3 is 5.32 Å². The van der Waals surface area contributed by atoms with Gasteiger partial charge in [-0.2, -0.15) is 0 Å². The van der Waals surface area contributed by atoms with E-state index in [0.29, 0.717) is 4.47 Å². The third-order valence-electron chi connectivity index (χ3n) is 2.47. The van der Waals surface area contributed by atoms with Crippen LogP contribution in [0.4, 0.5) is 5.69 Å². The van der Waals surface area contributed by atoms with Crippen molar-refractivity contribution in [3.8, 4) is 0 Å². The molecule has 4 nitrogen and oxygen atoms in total. The lowest BCUT2D eigenvalue weighted by atomic mass is 9.94. The lowest BCUT2D eigenvalue weighted by Gasteiger charge is -2.25. The van der Waals surface area contributed by atoms with Gasteiger partial charge in [0.15, 0.2) is 0 Å². The van der Waals surface area contributed by atoms with Crippen molar-refractivity contribution in [2.75, 3.05) is 7.05 Å². The van der Waals surface area contributed by atoms with Crippen molar-refractivity contribution in [1.29, 1.82) is 0 Å². The Labute approximate surface area is 97.0 Å². The highest BCUT2D eigenvalue weighted by Gasteiger charge is 2.25. The highest BCUT2D eigenvalue weighted by atomic mass is 79.9. The van der Waals surface area contributed by atoms with Crippen LogP contribution in [0.25, 0.3) is 0 Å². The minimum atomic E-state index is -0.390. The van der Waals surface area contributed by atoms with Gasteiger partial charge in [0.1, 0.15) is 4.47 Å². The predicted molar refractivity (Wildman–Crippen MR) is 62.9 cm³/mol. The van der Waals surface area contributed by atoms with E-state index >= 15 is 0 Å². The second-order valence-electron chi connectivity index (χ2n) is 3.77. The lowest BCUT2D eigenvalue weighted by molar-refractivity contribution is -0.385. The van der Waals surface area contributed by atoms with Gasteiger partial charge in [-0.05, 0) is 42.4 Å². The largest absolute Gasteiger partial charge is 0.311 e. The Morgan fingerprint density at radius 3 is 2.53 bits per heavy atom. The molecule has 0 atom stereocenters. The van der Waals surface area contributed by atoms with E-state index in [2.05, 4.69) is 21.2 Å². The minimum absolute atomic E-state index is 0.0934. The van der Waals surface area contributed by atoms with Crippen LogP contribution in [-0.4, -0.2) is 12.0 Å². The zero-order valence-corrected chi connectivity index (χ0v) is 10.5. The minimum Gasteiger partial charge on any atom is -0.311 e. The van der Waals surface area contributed by atoms with Crippen LogP contribution in [0, 0.1) is 10.1 Å². The number of halogens is 1. The number of nitrogens with zero attached hydrogens (tertiary/aromatic N) is 1. The Morgan fingerprint density at radius 2 is 2.07 bits per heavy atom. The van der Waals surface area contributed by atoms with E-state index in [1.54, 1.807) is 6.07 Å². The highest BCUT2D eigenvalue weighted by Crippen LogP contribution is 2.34. The molecule has 0 unspecified atom stereocenters. The Hall–Kier alpha value is -0.940. The Kier molecular flexibility index (Phi) is 3.46. The Bertz CT molecular complexity index is 391. The number of benzene rings is 1. The first-order valence-electron chi connectivity index (χ1n) is 4.52. The van der Waals surface area contributed by atoms with Gasteiger partial charge in [-0.25, -0.2) is 0 Å². The van der Waals surface area contributed by atoms with Crippen LogP contribution < -0.4 is 5.32 Å². The first kappa shape index (κ1) is 12.1. The van der Waals surface area contributed by atoms with E-state index in [4.69, 9.17) is 0 Å². The van der Waals surface area contributed by atoms with Crippen molar-refractivity contribution in [3.63, 3.8) is 0 Å². The van der Waals surface area contributed by atoms with Crippen molar-refractivity contribution in [2.24, 2.45) is 0 Å². The third-order valence-corrected chi connectivity index (χ3v) is 3.31. The molecule has 0 aliphatic rings. The molecule has 0 aliphatic heterocycles. The van der Waals surface area contributed by atoms with Gasteiger partial charge in [0.05, 0.1) is 4.92 Å². The maximum absolute atomic E-state index is 10.7. The van der Waals surface area contributed by atoms with Crippen LogP contribution in [0.2, 0.25) is 0 Å². The monoisotopic (exact) mass is 272 g/mol. The molecule has 1 aromatic rings. The highest BCUT2D eigenvalue weighted by molar-refractivity contribution is 9.10. The van der Waals surface area contributed by atoms with Crippen molar-refractivity contribution >= 4 is 21.6 Å². The van der Waals surface area contributed by atoms with E-state index in [0.717, 1.165) is 5.56 Å².